The smallest absolute Gasteiger partial charge is 0.148 e. The van der Waals surface area contributed by atoms with E-state index in [9.17, 15) is 5.11 Å². The lowest BCUT2D eigenvalue weighted by atomic mass is 10.0. The Labute approximate surface area is 81.0 Å². The molecule has 0 fully saturated rings. The summed E-state index contributed by atoms with van der Waals surface area (Å²) in [5.74, 6) is 0. The predicted octanol–water partition coefficient (Wildman–Crippen LogP) is 1.38. The second kappa shape index (κ2) is 5.95. The lowest BCUT2D eigenvalue weighted by Crippen LogP contribution is -2.27. The second-order valence-corrected chi connectivity index (χ2v) is 3.52. The van der Waals surface area contributed by atoms with Crippen molar-refractivity contribution in [3.8, 4) is 6.07 Å². The van der Waals surface area contributed by atoms with Crippen LogP contribution in [0.4, 0.5) is 0 Å². The van der Waals surface area contributed by atoms with E-state index in [0.717, 1.165) is 26.1 Å². The fourth-order valence-corrected chi connectivity index (χ4v) is 1.24. The molecule has 0 heterocycles. The minimum Gasteiger partial charge on any atom is -0.376 e. The van der Waals surface area contributed by atoms with Crippen molar-refractivity contribution < 1.29 is 5.11 Å². The van der Waals surface area contributed by atoms with Gasteiger partial charge in [0.15, 0.2) is 0 Å². The maximum atomic E-state index is 9.40. The van der Waals surface area contributed by atoms with Crippen molar-refractivity contribution in [2.24, 2.45) is 0 Å². The third kappa shape index (κ3) is 5.62. The largest absolute Gasteiger partial charge is 0.376 e. The van der Waals surface area contributed by atoms with Crippen molar-refractivity contribution in [3.05, 3.63) is 0 Å². The molecule has 1 N–H and O–H groups in total. The molecular weight excluding hydrogens is 164 g/mol. The highest BCUT2D eigenvalue weighted by molar-refractivity contribution is 4.95. The Morgan fingerprint density at radius 2 is 1.92 bits per heavy atom. The lowest BCUT2D eigenvalue weighted by Gasteiger charge is -2.20. The molecule has 0 aromatic rings. The van der Waals surface area contributed by atoms with Crippen LogP contribution in [0.5, 0.6) is 0 Å². The highest BCUT2D eigenvalue weighted by Gasteiger charge is 2.18. The summed E-state index contributed by atoms with van der Waals surface area (Å²) in [6.45, 7) is 8.83. The molecule has 0 bridgehead atoms. The number of hydrogen-bond acceptors (Lipinski definition) is 3. The van der Waals surface area contributed by atoms with Gasteiger partial charge in [0, 0.05) is 0 Å². The van der Waals surface area contributed by atoms with Crippen LogP contribution in [-0.2, 0) is 0 Å². The van der Waals surface area contributed by atoms with Gasteiger partial charge in [-0.05, 0) is 39.4 Å². The average Bonchev–Trinajstić information content (AvgIpc) is 2.12. The predicted molar refractivity (Wildman–Crippen MR) is 53.3 cm³/mol. The average molecular weight is 184 g/mol. The van der Waals surface area contributed by atoms with E-state index in [1.165, 1.54) is 0 Å². The van der Waals surface area contributed by atoms with Crippen molar-refractivity contribution in [2.45, 2.75) is 39.2 Å². The van der Waals surface area contributed by atoms with Crippen LogP contribution in [0.1, 0.15) is 33.6 Å². The van der Waals surface area contributed by atoms with E-state index in [4.69, 9.17) is 5.26 Å². The molecule has 0 saturated heterocycles. The molecule has 76 valence electrons. The summed E-state index contributed by atoms with van der Waals surface area (Å²) < 4.78 is 0. The Morgan fingerprint density at radius 1 is 1.38 bits per heavy atom. The van der Waals surface area contributed by atoms with Crippen LogP contribution in [0.25, 0.3) is 0 Å². The summed E-state index contributed by atoms with van der Waals surface area (Å²) in [5.41, 5.74) is -1.15. The maximum Gasteiger partial charge on any atom is 0.148 e. The fraction of sp³-hybridized carbons (Fsp3) is 0.900. The number of rotatable bonds is 6. The molecule has 3 nitrogen and oxygen atoms in total. The van der Waals surface area contributed by atoms with Crippen LogP contribution >= 0.6 is 0 Å². The van der Waals surface area contributed by atoms with Gasteiger partial charge in [-0.1, -0.05) is 13.8 Å². The van der Waals surface area contributed by atoms with Crippen LogP contribution in [0.2, 0.25) is 0 Å². The first-order valence-corrected chi connectivity index (χ1v) is 4.91. The molecule has 0 aliphatic carbocycles. The Morgan fingerprint density at radius 3 is 2.31 bits per heavy atom. The minimum absolute atomic E-state index is 0.556. The van der Waals surface area contributed by atoms with E-state index < -0.39 is 5.60 Å². The number of aliphatic hydroxyl groups is 1. The monoisotopic (exact) mass is 184 g/mol. The summed E-state index contributed by atoms with van der Waals surface area (Å²) in [5, 5.41) is 18.0. The molecule has 0 aromatic carbocycles. The Bertz CT molecular complexity index is 168. The highest BCUT2D eigenvalue weighted by atomic mass is 16.3. The summed E-state index contributed by atoms with van der Waals surface area (Å²) in [6, 6.07) is 1.89. The van der Waals surface area contributed by atoms with E-state index in [2.05, 4.69) is 18.7 Å². The van der Waals surface area contributed by atoms with Crippen molar-refractivity contribution in [2.75, 3.05) is 19.6 Å². The fourth-order valence-electron chi connectivity index (χ4n) is 1.24. The Kier molecular flexibility index (Phi) is 5.68. The van der Waals surface area contributed by atoms with E-state index in [1.54, 1.807) is 6.92 Å². The molecule has 0 amide bonds. The third-order valence-electron chi connectivity index (χ3n) is 2.27. The van der Waals surface area contributed by atoms with Crippen LogP contribution in [0.15, 0.2) is 0 Å². The molecule has 13 heavy (non-hydrogen) atoms. The molecule has 0 aliphatic rings. The molecule has 0 rings (SSSR count). The molecular formula is C10H20N2O. The maximum absolute atomic E-state index is 9.40. The van der Waals surface area contributed by atoms with Gasteiger partial charge in [-0.2, -0.15) is 5.26 Å². The zero-order chi connectivity index (χ0) is 10.3. The molecule has 0 saturated carbocycles. The molecule has 1 unspecified atom stereocenters. The van der Waals surface area contributed by atoms with Crippen LogP contribution < -0.4 is 0 Å². The van der Waals surface area contributed by atoms with Crippen LogP contribution in [0, 0.1) is 11.3 Å². The van der Waals surface area contributed by atoms with Crippen LogP contribution in [0.3, 0.4) is 0 Å². The summed E-state index contributed by atoms with van der Waals surface area (Å²) in [7, 11) is 0. The number of nitrogens with zero attached hydrogens (tertiary/aromatic N) is 2. The normalized spacial score (nSPS) is 15.4. The summed E-state index contributed by atoms with van der Waals surface area (Å²) in [6.07, 6.45) is 1.43. The van der Waals surface area contributed by atoms with E-state index in [0.29, 0.717) is 6.42 Å². The van der Waals surface area contributed by atoms with E-state index >= 15 is 0 Å². The number of hydrogen-bond donors (Lipinski definition) is 1. The highest BCUT2D eigenvalue weighted by Crippen LogP contribution is 2.10. The summed E-state index contributed by atoms with van der Waals surface area (Å²) in [4.78, 5) is 2.29. The molecule has 0 radical (unpaired) electrons. The Hall–Kier alpha value is -0.590. The van der Waals surface area contributed by atoms with Crippen molar-refractivity contribution in [3.63, 3.8) is 0 Å². The van der Waals surface area contributed by atoms with Crippen molar-refractivity contribution in [1.29, 1.82) is 5.26 Å². The summed E-state index contributed by atoms with van der Waals surface area (Å²) >= 11 is 0. The van der Waals surface area contributed by atoms with Gasteiger partial charge in [-0.25, -0.2) is 0 Å². The lowest BCUT2D eigenvalue weighted by molar-refractivity contribution is 0.103. The van der Waals surface area contributed by atoms with Crippen LogP contribution in [-0.4, -0.2) is 35.2 Å². The molecule has 1 atom stereocenters. The zero-order valence-corrected chi connectivity index (χ0v) is 8.88. The minimum atomic E-state index is -1.15. The van der Waals surface area contributed by atoms with Gasteiger partial charge in [0.05, 0.1) is 6.07 Å². The first kappa shape index (κ1) is 12.4. The van der Waals surface area contributed by atoms with Gasteiger partial charge in [0.2, 0.25) is 0 Å². The second-order valence-electron chi connectivity index (χ2n) is 3.52. The van der Waals surface area contributed by atoms with Crippen molar-refractivity contribution >= 4 is 0 Å². The van der Waals surface area contributed by atoms with Gasteiger partial charge < -0.3 is 10.0 Å². The molecule has 0 aliphatic heterocycles. The number of nitriles is 1. The molecule has 0 aromatic heterocycles. The Balaban J connectivity index is 3.62. The first-order valence-electron chi connectivity index (χ1n) is 4.91. The SMILES string of the molecule is CCN(CC)CCCC(C)(O)C#N. The van der Waals surface area contributed by atoms with Gasteiger partial charge in [0.25, 0.3) is 0 Å². The van der Waals surface area contributed by atoms with Gasteiger partial charge >= 0.3 is 0 Å². The molecule has 3 heteroatoms. The zero-order valence-electron chi connectivity index (χ0n) is 8.88. The van der Waals surface area contributed by atoms with E-state index in [1.807, 2.05) is 6.07 Å². The standard InChI is InChI=1S/C10H20N2O/c1-4-12(5-2)8-6-7-10(3,13)9-11/h13H,4-8H2,1-3H3. The van der Waals surface area contributed by atoms with Gasteiger partial charge in [-0.15, -0.1) is 0 Å². The molecule has 0 spiro atoms. The quantitative estimate of drug-likeness (QED) is 0.634. The van der Waals surface area contributed by atoms with Gasteiger partial charge in [-0.3, -0.25) is 0 Å². The van der Waals surface area contributed by atoms with E-state index in [-0.39, 0.29) is 0 Å². The topological polar surface area (TPSA) is 47.3 Å². The third-order valence-corrected chi connectivity index (χ3v) is 2.27. The first-order chi connectivity index (χ1) is 6.05. The van der Waals surface area contributed by atoms with Crippen molar-refractivity contribution in [1.82, 2.24) is 4.90 Å². The van der Waals surface area contributed by atoms with Gasteiger partial charge in [0.1, 0.15) is 5.60 Å².